The van der Waals surface area contributed by atoms with Crippen molar-refractivity contribution < 1.29 is 13.6 Å². The molecule has 0 heterocycles. The van der Waals surface area contributed by atoms with E-state index in [1.807, 2.05) is 0 Å². The summed E-state index contributed by atoms with van der Waals surface area (Å²) in [6.45, 7) is 4.67. The Labute approximate surface area is 127 Å². The van der Waals surface area contributed by atoms with E-state index in [1.54, 1.807) is 0 Å². The summed E-state index contributed by atoms with van der Waals surface area (Å²) in [5, 5.41) is 3.61. The number of carbonyl (C=O) groups excluding carboxylic acids is 1. The molecule has 1 amide bonds. The lowest BCUT2D eigenvalue weighted by atomic mass is 9.84. The first-order chi connectivity index (χ1) is 9.48. The minimum Gasteiger partial charge on any atom is -0.355 e. The average Bonchev–Trinajstić information content (AvgIpc) is 2.46. The quantitative estimate of drug-likeness (QED) is 0.746. The van der Waals surface area contributed by atoms with Crippen molar-refractivity contribution in [2.24, 2.45) is 5.41 Å². The van der Waals surface area contributed by atoms with E-state index in [2.05, 4.69) is 35.1 Å². The van der Waals surface area contributed by atoms with Crippen molar-refractivity contribution in [3.8, 4) is 0 Å². The topological polar surface area (TPSA) is 29.1 Å². The number of halogens is 3. The molecule has 0 radical (unpaired) electrons. The fourth-order valence-corrected chi connectivity index (χ4v) is 2.93. The molecule has 0 unspecified atom stereocenters. The van der Waals surface area contributed by atoms with E-state index in [0.29, 0.717) is 6.54 Å². The highest BCUT2D eigenvalue weighted by molar-refractivity contribution is 9.09. The van der Waals surface area contributed by atoms with Crippen LogP contribution in [0.15, 0.2) is 18.2 Å². The number of alkyl halides is 1. The largest absolute Gasteiger partial charge is 0.355 e. The molecule has 0 aliphatic heterocycles. The summed E-state index contributed by atoms with van der Waals surface area (Å²) in [4.78, 5) is 11.9. The van der Waals surface area contributed by atoms with E-state index in [0.717, 1.165) is 24.2 Å². The highest BCUT2D eigenvalue weighted by atomic mass is 79.9. The van der Waals surface area contributed by atoms with E-state index in [9.17, 15) is 13.6 Å². The van der Waals surface area contributed by atoms with Crippen LogP contribution in [0.25, 0.3) is 0 Å². The number of rotatable bonds is 7. The Morgan fingerprint density at radius 2 is 1.95 bits per heavy atom. The van der Waals surface area contributed by atoms with Crippen LogP contribution in [0, 0.1) is 17.0 Å². The molecule has 0 spiro atoms. The third-order valence-electron chi connectivity index (χ3n) is 3.83. The van der Waals surface area contributed by atoms with Gasteiger partial charge in [-0.05, 0) is 24.3 Å². The van der Waals surface area contributed by atoms with Crippen LogP contribution in [-0.2, 0) is 11.2 Å². The predicted octanol–water partition coefficient (Wildman–Crippen LogP) is 3.82. The normalized spacial score (nSPS) is 11.4. The molecule has 0 saturated carbocycles. The highest BCUT2D eigenvalue weighted by Crippen LogP contribution is 2.27. The third kappa shape index (κ3) is 4.27. The molecule has 5 heteroatoms. The van der Waals surface area contributed by atoms with E-state index in [1.165, 1.54) is 12.1 Å². The van der Waals surface area contributed by atoms with Crippen LogP contribution in [0.1, 0.15) is 32.3 Å². The van der Waals surface area contributed by atoms with Crippen LogP contribution in [0.2, 0.25) is 0 Å². The zero-order chi connectivity index (χ0) is 15.2. The van der Waals surface area contributed by atoms with Crippen molar-refractivity contribution >= 4 is 21.8 Å². The van der Waals surface area contributed by atoms with E-state index >= 15 is 0 Å². The molecule has 1 aromatic carbocycles. The zero-order valence-corrected chi connectivity index (χ0v) is 13.4. The van der Waals surface area contributed by atoms with Gasteiger partial charge in [-0.25, -0.2) is 8.78 Å². The van der Waals surface area contributed by atoms with Gasteiger partial charge in [0.1, 0.15) is 0 Å². The first-order valence-corrected chi connectivity index (χ1v) is 7.85. The Morgan fingerprint density at radius 3 is 2.50 bits per heavy atom. The molecule has 20 heavy (non-hydrogen) atoms. The second-order valence-electron chi connectivity index (χ2n) is 5.01. The molecule has 0 saturated heterocycles. The molecule has 0 fully saturated rings. The molecule has 1 N–H and O–H groups in total. The second kappa shape index (κ2) is 7.72. The molecule has 2 nitrogen and oxygen atoms in total. The lowest BCUT2D eigenvalue weighted by molar-refractivity contribution is -0.121. The summed E-state index contributed by atoms with van der Waals surface area (Å²) >= 11 is 3.47. The van der Waals surface area contributed by atoms with E-state index in [4.69, 9.17) is 0 Å². The number of amides is 1. The van der Waals surface area contributed by atoms with Crippen molar-refractivity contribution in [2.45, 2.75) is 33.1 Å². The van der Waals surface area contributed by atoms with Crippen LogP contribution in [0.4, 0.5) is 8.78 Å². The van der Waals surface area contributed by atoms with Crippen molar-refractivity contribution in [3.63, 3.8) is 0 Å². The Kier molecular flexibility index (Phi) is 6.59. The van der Waals surface area contributed by atoms with Crippen molar-refractivity contribution in [3.05, 3.63) is 35.4 Å². The highest BCUT2D eigenvalue weighted by Gasteiger charge is 2.25. The zero-order valence-electron chi connectivity index (χ0n) is 11.8. The van der Waals surface area contributed by atoms with Gasteiger partial charge in [0.25, 0.3) is 0 Å². The van der Waals surface area contributed by atoms with Crippen LogP contribution >= 0.6 is 15.9 Å². The van der Waals surface area contributed by atoms with Gasteiger partial charge in [0.05, 0.1) is 6.42 Å². The number of carbonyl (C=O) groups is 1. The lowest BCUT2D eigenvalue weighted by Crippen LogP contribution is -2.38. The Morgan fingerprint density at radius 1 is 1.30 bits per heavy atom. The van der Waals surface area contributed by atoms with Gasteiger partial charge in [0.15, 0.2) is 11.6 Å². The van der Waals surface area contributed by atoms with Gasteiger partial charge in [-0.3, -0.25) is 4.79 Å². The fraction of sp³-hybridized carbons (Fsp3) is 0.533. The summed E-state index contributed by atoms with van der Waals surface area (Å²) in [5.41, 5.74) is 0.0933. The minimum atomic E-state index is -0.944. The summed E-state index contributed by atoms with van der Waals surface area (Å²) in [5.74, 6) is -2.16. The molecule has 0 aromatic heterocycles. The van der Waals surface area contributed by atoms with Gasteiger partial charge in [-0.15, -0.1) is 0 Å². The minimum absolute atomic E-state index is 0.0101. The maximum absolute atomic E-state index is 13.5. The monoisotopic (exact) mass is 347 g/mol. The second-order valence-corrected chi connectivity index (χ2v) is 5.57. The fourth-order valence-electron chi connectivity index (χ4n) is 1.94. The summed E-state index contributed by atoms with van der Waals surface area (Å²) < 4.78 is 26.5. The summed E-state index contributed by atoms with van der Waals surface area (Å²) in [6.07, 6.45) is 1.72. The van der Waals surface area contributed by atoms with Crippen LogP contribution < -0.4 is 5.32 Å². The lowest BCUT2D eigenvalue weighted by Gasteiger charge is -2.29. The van der Waals surface area contributed by atoms with Crippen molar-refractivity contribution in [1.29, 1.82) is 0 Å². The molecular weight excluding hydrogens is 328 g/mol. The Balaban J connectivity index is 2.62. The van der Waals surface area contributed by atoms with Gasteiger partial charge in [0, 0.05) is 17.4 Å². The van der Waals surface area contributed by atoms with Gasteiger partial charge < -0.3 is 5.32 Å². The van der Waals surface area contributed by atoms with Crippen molar-refractivity contribution in [1.82, 2.24) is 5.32 Å². The molecule has 0 aliphatic carbocycles. The molecule has 1 rings (SSSR count). The van der Waals surface area contributed by atoms with Crippen LogP contribution in [-0.4, -0.2) is 17.8 Å². The first-order valence-electron chi connectivity index (χ1n) is 6.73. The Bertz CT molecular complexity index is 453. The Hall–Kier alpha value is -0.970. The molecular formula is C15H20BrF2NO. The standard InChI is InChI=1S/C15H20BrF2NO/c1-3-15(4-2,9-16)10-19-13(20)8-11-6-5-7-12(17)14(11)18/h5-7H,3-4,8-10H2,1-2H3,(H,19,20). The maximum Gasteiger partial charge on any atom is 0.224 e. The first kappa shape index (κ1) is 17.1. The number of hydrogen-bond acceptors (Lipinski definition) is 1. The van der Waals surface area contributed by atoms with Crippen LogP contribution in [0.3, 0.4) is 0 Å². The van der Waals surface area contributed by atoms with Gasteiger partial charge in [0.2, 0.25) is 5.91 Å². The number of hydrogen-bond donors (Lipinski definition) is 1. The van der Waals surface area contributed by atoms with Crippen molar-refractivity contribution in [2.75, 3.05) is 11.9 Å². The van der Waals surface area contributed by atoms with Gasteiger partial charge >= 0.3 is 0 Å². The molecule has 0 aliphatic rings. The molecule has 0 bridgehead atoms. The average molecular weight is 348 g/mol. The SMILES string of the molecule is CCC(CC)(CBr)CNC(=O)Cc1cccc(F)c1F. The van der Waals surface area contributed by atoms with E-state index in [-0.39, 0.29) is 23.3 Å². The molecule has 112 valence electrons. The van der Waals surface area contributed by atoms with Gasteiger partial charge in [-0.2, -0.15) is 0 Å². The maximum atomic E-state index is 13.5. The summed E-state index contributed by atoms with van der Waals surface area (Å²) in [7, 11) is 0. The molecule has 0 atom stereocenters. The van der Waals surface area contributed by atoms with Crippen LogP contribution in [0.5, 0.6) is 0 Å². The van der Waals surface area contributed by atoms with Gasteiger partial charge in [-0.1, -0.05) is 41.9 Å². The number of nitrogens with one attached hydrogen (secondary N) is 1. The van der Waals surface area contributed by atoms with E-state index < -0.39 is 11.6 Å². The third-order valence-corrected chi connectivity index (χ3v) is 5.02. The predicted molar refractivity (Wildman–Crippen MR) is 79.9 cm³/mol. The summed E-state index contributed by atoms with van der Waals surface area (Å²) in [6, 6.07) is 3.87. The molecule has 1 aromatic rings. The number of benzene rings is 1. The smallest absolute Gasteiger partial charge is 0.224 e.